The van der Waals surface area contributed by atoms with Gasteiger partial charge in [0.25, 0.3) is 0 Å². The molecule has 6 heteroatoms. The summed E-state index contributed by atoms with van der Waals surface area (Å²) >= 11 is 3.40. The number of halogens is 1. The summed E-state index contributed by atoms with van der Waals surface area (Å²) in [6.07, 6.45) is 1.56. The number of hydrogen-bond acceptors (Lipinski definition) is 3. The summed E-state index contributed by atoms with van der Waals surface area (Å²) in [4.78, 5) is 0.314. The van der Waals surface area contributed by atoms with Crippen molar-refractivity contribution in [2.75, 3.05) is 7.05 Å². The van der Waals surface area contributed by atoms with E-state index in [1.807, 2.05) is 33.9 Å². The van der Waals surface area contributed by atoms with Crippen LogP contribution < -0.4 is 10.0 Å². The fourth-order valence-corrected chi connectivity index (χ4v) is 4.52. The number of benzene rings is 1. The van der Waals surface area contributed by atoms with E-state index < -0.39 is 10.0 Å². The maximum atomic E-state index is 12.5. The molecule has 0 fully saturated rings. The summed E-state index contributed by atoms with van der Waals surface area (Å²) in [7, 11) is -1.66. The zero-order valence-electron chi connectivity index (χ0n) is 12.5. The first-order valence-corrected chi connectivity index (χ1v) is 9.09. The van der Waals surface area contributed by atoms with E-state index in [0.29, 0.717) is 15.9 Å². The predicted molar refractivity (Wildman–Crippen MR) is 86.3 cm³/mol. The third-order valence-electron chi connectivity index (χ3n) is 3.26. The molecule has 0 amide bonds. The van der Waals surface area contributed by atoms with Gasteiger partial charge in [0.15, 0.2) is 0 Å². The van der Waals surface area contributed by atoms with Gasteiger partial charge in [-0.1, -0.05) is 19.9 Å². The minimum absolute atomic E-state index is 0.0276. The second kappa shape index (κ2) is 7.54. The molecule has 0 aliphatic carbocycles. The van der Waals surface area contributed by atoms with Crippen LogP contribution in [0.3, 0.4) is 0 Å². The van der Waals surface area contributed by atoms with Crippen LogP contribution >= 0.6 is 15.9 Å². The van der Waals surface area contributed by atoms with Crippen LogP contribution in [0.4, 0.5) is 0 Å². The van der Waals surface area contributed by atoms with Crippen LogP contribution in [0.1, 0.15) is 37.8 Å². The molecule has 0 atom stereocenters. The van der Waals surface area contributed by atoms with Crippen molar-refractivity contribution in [3.05, 3.63) is 27.7 Å². The number of nitrogens with one attached hydrogen (secondary N) is 2. The van der Waals surface area contributed by atoms with Crippen LogP contribution in [0.5, 0.6) is 0 Å². The van der Waals surface area contributed by atoms with Crippen LogP contribution in [0.2, 0.25) is 0 Å². The highest BCUT2D eigenvalue weighted by atomic mass is 79.9. The number of sulfonamides is 1. The highest BCUT2D eigenvalue weighted by molar-refractivity contribution is 9.10. The van der Waals surface area contributed by atoms with Crippen molar-refractivity contribution in [2.45, 2.75) is 51.1 Å². The standard InChI is InChI=1S/C14H23BrN2O2S/c1-5-12(6-2)17-20(18,19)13-8-11(9-16-4)7-10(3)14(13)15/h7-8,12,16-17H,5-6,9H2,1-4H3. The SMILES string of the molecule is CCC(CC)NS(=O)(=O)c1cc(CNC)cc(C)c1Br. The summed E-state index contributed by atoms with van der Waals surface area (Å²) in [5.74, 6) is 0. The van der Waals surface area contributed by atoms with Crippen molar-refractivity contribution in [1.82, 2.24) is 10.0 Å². The average molecular weight is 363 g/mol. The zero-order valence-corrected chi connectivity index (χ0v) is 14.9. The number of aryl methyl sites for hydroxylation is 1. The van der Waals surface area contributed by atoms with E-state index in [1.165, 1.54) is 0 Å². The number of rotatable bonds is 7. The molecule has 2 N–H and O–H groups in total. The van der Waals surface area contributed by atoms with Gasteiger partial charge in [-0.2, -0.15) is 0 Å². The van der Waals surface area contributed by atoms with E-state index in [9.17, 15) is 8.42 Å². The van der Waals surface area contributed by atoms with Crippen LogP contribution in [0.25, 0.3) is 0 Å². The lowest BCUT2D eigenvalue weighted by atomic mass is 10.1. The molecule has 0 saturated heterocycles. The molecule has 1 rings (SSSR count). The first-order valence-electron chi connectivity index (χ1n) is 6.81. The molecular formula is C14H23BrN2O2S. The molecule has 0 bridgehead atoms. The first-order chi connectivity index (χ1) is 9.35. The van der Waals surface area contributed by atoms with E-state index in [-0.39, 0.29) is 6.04 Å². The molecular weight excluding hydrogens is 340 g/mol. The summed E-state index contributed by atoms with van der Waals surface area (Å²) in [5.41, 5.74) is 1.88. The summed E-state index contributed by atoms with van der Waals surface area (Å²) in [5, 5.41) is 3.04. The Bertz CT molecular complexity index is 555. The topological polar surface area (TPSA) is 58.2 Å². The molecule has 4 nitrogen and oxygen atoms in total. The van der Waals surface area contributed by atoms with Gasteiger partial charge in [0.05, 0.1) is 4.90 Å². The molecule has 0 unspecified atom stereocenters. The molecule has 0 saturated carbocycles. The Morgan fingerprint density at radius 1 is 1.25 bits per heavy atom. The van der Waals surface area contributed by atoms with Crippen LogP contribution in [-0.2, 0) is 16.6 Å². The molecule has 0 heterocycles. The Kier molecular flexibility index (Phi) is 6.64. The quantitative estimate of drug-likeness (QED) is 0.783. The van der Waals surface area contributed by atoms with Crippen LogP contribution in [0, 0.1) is 6.92 Å². The molecule has 0 aromatic heterocycles. The third-order valence-corrected chi connectivity index (χ3v) is 6.12. The summed E-state index contributed by atoms with van der Waals surface area (Å²) < 4.78 is 28.5. The Balaban J connectivity index is 3.22. The Labute approximate surface area is 130 Å². The smallest absolute Gasteiger partial charge is 0.241 e. The molecule has 0 spiro atoms. The van der Waals surface area contributed by atoms with E-state index in [2.05, 4.69) is 26.0 Å². The van der Waals surface area contributed by atoms with E-state index >= 15 is 0 Å². The van der Waals surface area contributed by atoms with E-state index in [1.54, 1.807) is 6.07 Å². The van der Waals surface area contributed by atoms with Gasteiger partial charge in [-0.05, 0) is 59.9 Å². The maximum absolute atomic E-state index is 12.5. The van der Waals surface area contributed by atoms with Gasteiger partial charge in [-0.15, -0.1) is 0 Å². The van der Waals surface area contributed by atoms with Crippen molar-refractivity contribution >= 4 is 26.0 Å². The van der Waals surface area contributed by atoms with Crippen molar-refractivity contribution in [2.24, 2.45) is 0 Å². The second-order valence-electron chi connectivity index (χ2n) is 4.89. The largest absolute Gasteiger partial charge is 0.316 e. The predicted octanol–water partition coefficient (Wildman–Crippen LogP) is 2.94. The van der Waals surface area contributed by atoms with Gasteiger partial charge < -0.3 is 5.32 Å². The molecule has 0 aliphatic heterocycles. The zero-order chi connectivity index (χ0) is 15.3. The lowest BCUT2D eigenvalue weighted by Crippen LogP contribution is -2.34. The average Bonchev–Trinajstić information content (AvgIpc) is 2.40. The van der Waals surface area contributed by atoms with Gasteiger partial charge in [-0.25, -0.2) is 13.1 Å². The lowest BCUT2D eigenvalue weighted by molar-refractivity contribution is 0.529. The van der Waals surface area contributed by atoms with Crippen molar-refractivity contribution in [1.29, 1.82) is 0 Å². The first kappa shape index (κ1) is 17.6. The molecule has 114 valence electrons. The summed E-state index contributed by atoms with van der Waals surface area (Å²) in [6, 6.07) is 3.68. The van der Waals surface area contributed by atoms with Gasteiger partial charge in [0.1, 0.15) is 0 Å². The third kappa shape index (κ3) is 4.28. The van der Waals surface area contributed by atoms with E-state index in [0.717, 1.165) is 24.0 Å². The molecule has 1 aromatic rings. The highest BCUT2D eigenvalue weighted by Gasteiger charge is 2.22. The number of hydrogen-bond donors (Lipinski definition) is 2. The molecule has 1 aromatic carbocycles. The molecule has 0 radical (unpaired) electrons. The van der Waals surface area contributed by atoms with Crippen molar-refractivity contribution in [3.63, 3.8) is 0 Å². The summed E-state index contributed by atoms with van der Waals surface area (Å²) in [6.45, 7) is 6.50. The van der Waals surface area contributed by atoms with Crippen LogP contribution in [0.15, 0.2) is 21.5 Å². The monoisotopic (exact) mass is 362 g/mol. The molecule has 20 heavy (non-hydrogen) atoms. The Morgan fingerprint density at radius 2 is 1.85 bits per heavy atom. The van der Waals surface area contributed by atoms with Crippen LogP contribution in [-0.4, -0.2) is 21.5 Å². The van der Waals surface area contributed by atoms with E-state index in [4.69, 9.17) is 0 Å². The van der Waals surface area contributed by atoms with Crippen molar-refractivity contribution < 1.29 is 8.42 Å². The van der Waals surface area contributed by atoms with Gasteiger partial charge >= 0.3 is 0 Å². The van der Waals surface area contributed by atoms with Crippen molar-refractivity contribution in [3.8, 4) is 0 Å². The fraction of sp³-hybridized carbons (Fsp3) is 0.571. The highest BCUT2D eigenvalue weighted by Crippen LogP contribution is 2.27. The van der Waals surface area contributed by atoms with Gasteiger partial charge in [0, 0.05) is 17.1 Å². The Morgan fingerprint density at radius 3 is 2.35 bits per heavy atom. The second-order valence-corrected chi connectivity index (χ2v) is 7.37. The fourth-order valence-electron chi connectivity index (χ4n) is 2.05. The maximum Gasteiger partial charge on any atom is 0.241 e. The normalized spacial score (nSPS) is 12.1. The molecule has 0 aliphatic rings. The van der Waals surface area contributed by atoms with Gasteiger partial charge in [-0.3, -0.25) is 0 Å². The Hall–Kier alpha value is -0.430. The van der Waals surface area contributed by atoms with Gasteiger partial charge in [0.2, 0.25) is 10.0 Å². The minimum atomic E-state index is -3.50. The lowest BCUT2D eigenvalue weighted by Gasteiger charge is -2.17. The minimum Gasteiger partial charge on any atom is -0.316 e.